The van der Waals surface area contributed by atoms with Gasteiger partial charge in [0.1, 0.15) is 17.2 Å². The van der Waals surface area contributed by atoms with Crippen LogP contribution in [0.5, 0.6) is 0 Å². The highest BCUT2D eigenvalue weighted by Gasteiger charge is 2.59. The predicted octanol–water partition coefficient (Wildman–Crippen LogP) is -0.712. The molecule has 0 aromatic carbocycles. The van der Waals surface area contributed by atoms with Gasteiger partial charge in [0, 0.05) is 12.6 Å². The van der Waals surface area contributed by atoms with Crippen molar-refractivity contribution in [1.29, 1.82) is 0 Å². The van der Waals surface area contributed by atoms with Crippen LogP contribution in [0.15, 0.2) is 0 Å². The molecule has 2 fully saturated rings. The molecule has 2 aliphatic rings. The van der Waals surface area contributed by atoms with E-state index in [-0.39, 0.29) is 18.9 Å². The van der Waals surface area contributed by atoms with Crippen LogP contribution in [0, 0.1) is 0 Å². The summed E-state index contributed by atoms with van der Waals surface area (Å²) in [5.41, 5.74) is -1.71. The third-order valence-corrected chi connectivity index (χ3v) is 4.25. The van der Waals surface area contributed by atoms with Crippen molar-refractivity contribution in [2.45, 2.75) is 63.4 Å². The molecule has 0 aromatic rings. The Balaban J connectivity index is 2.15. The van der Waals surface area contributed by atoms with Crippen molar-refractivity contribution in [1.82, 2.24) is 15.5 Å². The summed E-state index contributed by atoms with van der Waals surface area (Å²) in [6.45, 7) is 7.01. The van der Waals surface area contributed by atoms with E-state index in [2.05, 4.69) is 10.6 Å². The first-order chi connectivity index (χ1) is 11.0. The van der Waals surface area contributed by atoms with Crippen LogP contribution in [0.2, 0.25) is 0 Å². The monoisotopic (exact) mass is 343 g/mol. The van der Waals surface area contributed by atoms with Gasteiger partial charge in [0.25, 0.3) is 0 Å². The topological polar surface area (TPSA) is 128 Å². The minimum absolute atomic E-state index is 0.138. The second-order valence-corrected chi connectivity index (χ2v) is 7.43. The summed E-state index contributed by atoms with van der Waals surface area (Å²) in [7, 11) is 0. The molecule has 9 nitrogen and oxygen atoms in total. The fourth-order valence-electron chi connectivity index (χ4n) is 3.07. The molecule has 2 unspecified atom stereocenters. The summed E-state index contributed by atoms with van der Waals surface area (Å²) in [5.74, 6) is -1.46. The van der Waals surface area contributed by atoms with E-state index in [0.29, 0.717) is 6.54 Å². The van der Waals surface area contributed by atoms with Crippen LogP contribution in [0.25, 0.3) is 0 Å². The molecule has 2 saturated heterocycles. The fraction of sp³-hybridized carbons (Fsp3) is 0.800. The van der Waals surface area contributed by atoms with Crippen LogP contribution in [0.3, 0.4) is 0 Å². The number of carbonyl (C=O) groups is 3. The molecule has 2 rings (SSSR count). The Kier molecular flexibility index (Phi) is 4.78. The molecular weight excluding hydrogens is 318 g/mol. The molecular formula is C15H25N3O6. The van der Waals surface area contributed by atoms with Gasteiger partial charge < -0.3 is 20.3 Å². The van der Waals surface area contributed by atoms with E-state index in [1.807, 2.05) is 0 Å². The van der Waals surface area contributed by atoms with Gasteiger partial charge in [0.2, 0.25) is 5.91 Å². The fourth-order valence-corrected chi connectivity index (χ4v) is 3.07. The van der Waals surface area contributed by atoms with Gasteiger partial charge in [0.15, 0.2) is 0 Å². The Morgan fingerprint density at radius 2 is 2.08 bits per heavy atom. The molecule has 4 atom stereocenters. The summed E-state index contributed by atoms with van der Waals surface area (Å²) in [6.07, 6.45) is -1.44. The van der Waals surface area contributed by atoms with Gasteiger partial charge in [0.05, 0.1) is 12.6 Å². The molecule has 4 N–H and O–H groups in total. The molecule has 9 heteroatoms. The number of carboxylic acid groups (broad SMARTS) is 1. The molecule has 0 aromatic heterocycles. The molecule has 2 heterocycles. The predicted molar refractivity (Wildman–Crippen MR) is 83.3 cm³/mol. The standard InChI is InChI=1S/C15H25N3O6/c1-8(19)10(11(20)21)17-9-5-15(7-16-12(15)22)18(6-9)13(23)24-14(2,3)4/h8-10,17,19H,5-7H2,1-4H3,(H,16,22)(H,20,21)/t8-,9?,10+,15?/m1/s1. The molecule has 24 heavy (non-hydrogen) atoms. The Morgan fingerprint density at radius 1 is 1.46 bits per heavy atom. The Morgan fingerprint density at radius 3 is 2.46 bits per heavy atom. The summed E-state index contributed by atoms with van der Waals surface area (Å²) in [6, 6.07) is -1.60. The lowest BCUT2D eigenvalue weighted by Crippen LogP contribution is -2.71. The van der Waals surface area contributed by atoms with E-state index < -0.39 is 41.4 Å². The van der Waals surface area contributed by atoms with Gasteiger partial charge in [-0.15, -0.1) is 0 Å². The maximum absolute atomic E-state index is 12.4. The quantitative estimate of drug-likeness (QED) is 0.496. The van der Waals surface area contributed by atoms with Gasteiger partial charge in [-0.2, -0.15) is 0 Å². The normalized spacial score (nSPS) is 29.0. The largest absolute Gasteiger partial charge is 0.480 e. The minimum Gasteiger partial charge on any atom is -0.480 e. The molecule has 0 aliphatic carbocycles. The molecule has 1 spiro atoms. The number of hydrogen-bond acceptors (Lipinski definition) is 6. The maximum Gasteiger partial charge on any atom is 0.411 e. The number of rotatable bonds is 4. The maximum atomic E-state index is 12.4. The van der Waals surface area contributed by atoms with Crippen molar-refractivity contribution in [3.8, 4) is 0 Å². The summed E-state index contributed by atoms with van der Waals surface area (Å²) >= 11 is 0. The number of ether oxygens (including phenoxy) is 1. The highest BCUT2D eigenvalue weighted by molar-refractivity contribution is 5.96. The number of amides is 2. The average molecular weight is 343 g/mol. The van der Waals surface area contributed by atoms with E-state index in [0.717, 1.165) is 0 Å². The number of nitrogens with zero attached hydrogens (tertiary/aromatic N) is 1. The summed E-state index contributed by atoms with van der Waals surface area (Å²) < 4.78 is 5.36. The van der Waals surface area contributed by atoms with E-state index in [1.165, 1.54) is 11.8 Å². The number of carbonyl (C=O) groups excluding carboxylic acids is 2. The van der Waals surface area contributed by atoms with Crippen LogP contribution in [-0.4, -0.2) is 75.5 Å². The molecule has 136 valence electrons. The Hall–Kier alpha value is -1.87. The van der Waals surface area contributed by atoms with Crippen molar-refractivity contribution in [3.63, 3.8) is 0 Å². The summed E-state index contributed by atoms with van der Waals surface area (Å²) in [4.78, 5) is 37.1. The third-order valence-electron chi connectivity index (χ3n) is 4.25. The van der Waals surface area contributed by atoms with E-state index in [4.69, 9.17) is 4.74 Å². The van der Waals surface area contributed by atoms with Crippen molar-refractivity contribution < 1.29 is 29.3 Å². The first-order valence-electron chi connectivity index (χ1n) is 7.92. The van der Waals surface area contributed by atoms with Gasteiger partial charge in [-0.1, -0.05) is 0 Å². The number of aliphatic carboxylic acids is 1. The van der Waals surface area contributed by atoms with Crippen LogP contribution < -0.4 is 10.6 Å². The van der Waals surface area contributed by atoms with Crippen molar-refractivity contribution >= 4 is 18.0 Å². The van der Waals surface area contributed by atoms with Gasteiger partial charge >= 0.3 is 12.1 Å². The number of hydrogen-bond donors (Lipinski definition) is 4. The van der Waals surface area contributed by atoms with Crippen LogP contribution in [0.4, 0.5) is 4.79 Å². The number of nitrogens with one attached hydrogen (secondary N) is 2. The molecule has 2 aliphatic heterocycles. The third kappa shape index (κ3) is 3.46. The lowest BCUT2D eigenvalue weighted by molar-refractivity contribution is -0.142. The van der Waals surface area contributed by atoms with E-state index >= 15 is 0 Å². The zero-order valence-corrected chi connectivity index (χ0v) is 14.3. The smallest absolute Gasteiger partial charge is 0.411 e. The highest BCUT2D eigenvalue weighted by atomic mass is 16.6. The number of carboxylic acids is 1. The van der Waals surface area contributed by atoms with Crippen LogP contribution >= 0.6 is 0 Å². The molecule has 0 saturated carbocycles. The molecule has 2 amide bonds. The highest BCUT2D eigenvalue weighted by Crippen LogP contribution is 2.35. The van der Waals surface area contributed by atoms with Crippen molar-refractivity contribution in [3.05, 3.63) is 0 Å². The lowest BCUT2D eigenvalue weighted by atomic mass is 9.87. The number of aliphatic hydroxyl groups excluding tert-OH is 1. The lowest BCUT2D eigenvalue weighted by Gasteiger charge is -2.44. The molecule has 0 radical (unpaired) electrons. The van der Waals surface area contributed by atoms with Crippen LogP contribution in [0.1, 0.15) is 34.1 Å². The number of β-lactam (4-membered cyclic amide) rings is 1. The van der Waals surface area contributed by atoms with Gasteiger partial charge in [-0.25, -0.2) is 4.79 Å². The SMILES string of the molecule is C[C@@H](O)[C@H](NC1CN(C(=O)OC(C)(C)C)C2(CNC2=O)C1)C(=O)O. The first-order valence-corrected chi connectivity index (χ1v) is 7.92. The van der Waals surface area contributed by atoms with E-state index in [1.54, 1.807) is 20.8 Å². The second kappa shape index (κ2) is 6.21. The molecule has 0 bridgehead atoms. The Labute approximate surface area is 140 Å². The van der Waals surface area contributed by atoms with E-state index in [9.17, 15) is 24.6 Å². The Bertz CT molecular complexity index is 544. The van der Waals surface area contributed by atoms with Crippen molar-refractivity contribution in [2.24, 2.45) is 0 Å². The number of aliphatic hydroxyl groups is 1. The van der Waals surface area contributed by atoms with Crippen molar-refractivity contribution in [2.75, 3.05) is 13.1 Å². The van der Waals surface area contributed by atoms with Crippen LogP contribution in [-0.2, 0) is 14.3 Å². The van der Waals surface area contributed by atoms with Gasteiger partial charge in [-0.3, -0.25) is 19.8 Å². The minimum atomic E-state index is -1.19. The van der Waals surface area contributed by atoms with Gasteiger partial charge in [-0.05, 0) is 34.1 Å². The second-order valence-electron chi connectivity index (χ2n) is 7.43. The number of likely N-dealkylation sites (tertiary alicyclic amines) is 1. The zero-order chi connectivity index (χ0) is 18.3. The first kappa shape index (κ1) is 18.5. The summed E-state index contributed by atoms with van der Waals surface area (Å²) in [5, 5.41) is 24.2. The zero-order valence-electron chi connectivity index (χ0n) is 14.3. The average Bonchev–Trinajstić information content (AvgIpc) is 2.82.